The standard InChI is InChI=1S/C11H11BrN4OS/c12-7-4-8(18-5-7)9(17)15-11(2-1-3-11)10-13-6-14-16-10/h4-6H,1-3H2,(H,15,17)(H,13,14,16). The van der Waals surface area contributed by atoms with Crippen LogP contribution in [0.4, 0.5) is 0 Å². The van der Waals surface area contributed by atoms with E-state index in [-0.39, 0.29) is 11.4 Å². The molecule has 1 aliphatic carbocycles. The molecule has 1 fully saturated rings. The van der Waals surface area contributed by atoms with Crippen LogP contribution in [0.1, 0.15) is 34.8 Å². The minimum Gasteiger partial charge on any atom is -0.339 e. The van der Waals surface area contributed by atoms with Crippen LogP contribution in [0.15, 0.2) is 22.2 Å². The maximum Gasteiger partial charge on any atom is 0.262 e. The number of thiophene rings is 1. The second-order valence-corrected chi connectivity index (χ2v) is 6.18. The lowest BCUT2D eigenvalue weighted by molar-refractivity contribution is 0.0814. The van der Waals surface area contributed by atoms with Gasteiger partial charge in [-0.3, -0.25) is 9.89 Å². The number of aromatic amines is 1. The Morgan fingerprint density at radius 2 is 2.39 bits per heavy atom. The fourth-order valence-corrected chi connectivity index (χ4v) is 3.42. The summed E-state index contributed by atoms with van der Waals surface area (Å²) in [6.45, 7) is 0. The molecule has 1 amide bonds. The van der Waals surface area contributed by atoms with Gasteiger partial charge in [0.05, 0.1) is 10.4 Å². The van der Waals surface area contributed by atoms with Gasteiger partial charge in [0.15, 0.2) is 0 Å². The van der Waals surface area contributed by atoms with Crippen LogP contribution in [0.3, 0.4) is 0 Å². The van der Waals surface area contributed by atoms with Crippen molar-refractivity contribution in [3.63, 3.8) is 0 Å². The summed E-state index contributed by atoms with van der Waals surface area (Å²) >= 11 is 4.78. The lowest BCUT2D eigenvalue weighted by Gasteiger charge is -2.40. The minimum atomic E-state index is -0.357. The fraction of sp³-hybridized carbons (Fsp3) is 0.364. The number of amides is 1. The summed E-state index contributed by atoms with van der Waals surface area (Å²) in [7, 11) is 0. The van der Waals surface area contributed by atoms with E-state index in [9.17, 15) is 4.79 Å². The molecule has 2 aromatic heterocycles. The molecule has 18 heavy (non-hydrogen) atoms. The molecular formula is C11H11BrN4OS. The van der Waals surface area contributed by atoms with Gasteiger partial charge in [0.25, 0.3) is 5.91 Å². The first-order chi connectivity index (χ1) is 8.70. The van der Waals surface area contributed by atoms with Crippen LogP contribution in [0.2, 0.25) is 0 Å². The molecule has 2 heterocycles. The Labute approximate surface area is 116 Å². The van der Waals surface area contributed by atoms with E-state index < -0.39 is 0 Å². The van der Waals surface area contributed by atoms with Gasteiger partial charge in [-0.05, 0) is 41.3 Å². The van der Waals surface area contributed by atoms with E-state index in [0.717, 1.165) is 29.6 Å². The number of H-pyrrole nitrogens is 1. The third kappa shape index (κ3) is 1.97. The van der Waals surface area contributed by atoms with Crippen LogP contribution >= 0.6 is 27.3 Å². The lowest BCUT2D eigenvalue weighted by Crippen LogP contribution is -2.51. The second kappa shape index (κ2) is 4.47. The SMILES string of the molecule is O=C(NC1(c2ncn[nH]2)CCC1)c1cc(Br)cs1. The highest BCUT2D eigenvalue weighted by molar-refractivity contribution is 9.10. The van der Waals surface area contributed by atoms with Gasteiger partial charge >= 0.3 is 0 Å². The summed E-state index contributed by atoms with van der Waals surface area (Å²) in [6.07, 6.45) is 4.37. The Morgan fingerprint density at radius 3 is 2.89 bits per heavy atom. The number of nitrogens with one attached hydrogen (secondary N) is 2. The van der Waals surface area contributed by atoms with E-state index in [1.807, 2.05) is 11.4 Å². The molecule has 0 saturated heterocycles. The number of nitrogens with zero attached hydrogens (tertiary/aromatic N) is 2. The van der Waals surface area contributed by atoms with Gasteiger partial charge in [-0.1, -0.05) is 0 Å². The highest BCUT2D eigenvalue weighted by atomic mass is 79.9. The van der Waals surface area contributed by atoms with Gasteiger partial charge in [0, 0.05) is 9.85 Å². The topological polar surface area (TPSA) is 70.7 Å². The molecule has 1 saturated carbocycles. The summed E-state index contributed by atoms with van der Waals surface area (Å²) in [4.78, 5) is 17.1. The maximum atomic E-state index is 12.2. The fourth-order valence-electron chi connectivity index (χ4n) is 2.10. The van der Waals surface area contributed by atoms with Crippen molar-refractivity contribution < 1.29 is 4.79 Å². The van der Waals surface area contributed by atoms with E-state index in [4.69, 9.17) is 0 Å². The van der Waals surface area contributed by atoms with Crippen molar-refractivity contribution in [1.29, 1.82) is 0 Å². The van der Waals surface area contributed by atoms with Gasteiger partial charge in [-0.15, -0.1) is 11.3 Å². The number of carbonyl (C=O) groups excluding carboxylic acids is 1. The molecule has 0 spiro atoms. The van der Waals surface area contributed by atoms with Crippen LogP contribution < -0.4 is 5.32 Å². The third-order valence-electron chi connectivity index (χ3n) is 3.22. The molecule has 2 aromatic rings. The Hall–Kier alpha value is -1.21. The van der Waals surface area contributed by atoms with Crippen LogP contribution in [0.5, 0.6) is 0 Å². The summed E-state index contributed by atoms with van der Waals surface area (Å²) in [6, 6.07) is 1.83. The van der Waals surface area contributed by atoms with Crippen LogP contribution in [-0.4, -0.2) is 21.1 Å². The largest absolute Gasteiger partial charge is 0.339 e. The molecule has 0 unspecified atom stereocenters. The number of rotatable bonds is 3. The van der Waals surface area contributed by atoms with Crippen LogP contribution in [0.25, 0.3) is 0 Å². The van der Waals surface area contributed by atoms with Crippen molar-refractivity contribution in [2.75, 3.05) is 0 Å². The first kappa shape index (κ1) is 11.9. The van der Waals surface area contributed by atoms with Crippen molar-refractivity contribution in [2.45, 2.75) is 24.8 Å². The molecule has 0 bridgehead atoms. The molecule has 2 N–H and O–H groups in total. The number of hydrogen-bond donors (Lipinski definition) is 2. The maximum absolute atomic E-state index is 12.2. The van der Waals surface area contributed by atoms with Crippen molar-refractivity contribution in [1.82, 2.24) is 20.5 Å². The average molecular weight is 327 g/mol. The molecule has 7 heteroatoms. The number of hydrogen-bond acceptors (Lipinski definition) is 4. The highest BCUT2D eigenvalue weighted by Gasteiger charge is 2.42. The molecule has 0 radical (unpaired) electrons. The Kier molecular flexibility index (Phi) is 2.95. The number of carbonyl (C=O) groups is 1. The summed E-state index contributed by atoms with van der Waals surface area (Å²) in [5.74, 6) is 0.694. The van der Waals surface area contributed by atoms with E-state index >= 15 is 0 Å². The molecule has 5 nitrogen and oxygen atoms in total. The first-order valence-corrected chi connectivity index (χ1v) is 7.29. The van der Waals surface area contributed by atoms with Crippen molar-refractivity contribution in [3.05, 3.63) is 32.9 Å². The Balaban J connectivity index is 1.81. The van der Waals surface area contributed by atoms with Crippen molar-refractivity contribution in [2.24, 2.45) is 0 Å². The zero-order valence-electron chi connectivity index (χ0n) is 9.44. The summed E-state index contributed by atoms with van der Waals surface area (Å²) < 4.78 is 0.931. The smallest absolute Gasteiger partial charge is 0.262 e. The second-order valence-electron chi connectivity index (χ2n) is 4.35. The van der Waals surface area contributed by atoms with Gasteiger partial charge in [0.1, 0.15) is 12.2 Å². The number of halogens is 1. The quantitative estimate of drug-likeness (QED) is 0.910. The van der Waals surface area contributed by atoms with Gasteiger partial charge < -0.3 is 5.32 Å². The molecule has 3 rings (SSSR count). The monoisotopic (exact) mass is 326 g/mol. The normalized spacial score (nSPS) is 17.2. The zero-order chi connectivity index (χ0) is 12.6. The number of aromatic nitrogens is 3. The highest BCUT2D eigenvalue weighted by Crippen LogP contribution is 2.39. The van der Waals surface area contributed by atoms with Crippen molar-refractivity contribution >= 4 is 33.2 Å². The minimum absolute atomic E-state index is 0.0539. The van der Waals surface area contributed by atoms with Crippen LogP contribution in [-0.2, 0) is 5.54 Å². The van der Waals surface area contributed by atoms with E-state index in [1.165, 1.54) is 17.7 Å². The van der Waals surface area contributed by atoms with Gasteiger partial charge in [-0.2, -0.15) is 5.10 Å². The summed E-state index contributed by atoms with van der Waals surface area (Å²) in [5.41, 5.74) is -0.357. The molecule has 1 aliphatic rings. The zero-order valence-corrected chi connectivity index (χ0v) is 11.8. The van der Waals surface area contributed by atoms with Gasteiger partial charge in [-0.25, -0.2) is 4.98 Å². The van der Waals surface area contributed by atoms with Gasteiger partial charge in [0.2, 0.25) is 0 Å². The van der Waals surface area contributed by atoms with Crippen LogP contribution in [0, 0.1) is 0 Å². The molecule has 94 valence electrons. The summed E-state index contributed by atoms with van der Waals surface area (Å²) in [5, 5.41) is 11.7. The van der Waals surface area contributed by atoms with E-state index in [0.29, 0.717) is 4.88 Å². The predicted octanol–water partition coefficient (Wildman–Crippen LogP) is 2.44. The molecule has 0 aromatic carbocycles. The molecule has 0 atom stereocenters. The predicted molar refractivity (Wildman–Crippen MR) is 71.4 cm³/mol. The molecular weight excluding hydrogens is 316 g/mol. The lowest BCUT2D eigenvalue weighted by atomic mass is 9.76. The first-order valence-electron chi connectivity index (χ1n) is 5.62. The Morgan fingerprint density at radius 1 is 1.56 bits per heavy atom. The average Bonchev–Trinajstić information content (AvgIpc) is 2.93. The Bertz CT molecular complexity index is 561. The van der Waals surface area contributed by atoms with E-state index in [2.05, 4.69) is 36.4 Å². The van der Waals surface area contributed by atoms with Crippen molar-refractivity contribution in [3.8, 4) is 0 Å². The van der Waals surface area contributed by atoms with E-state index in [1.54, 1.807) is 0 Å². The molecule has 0 aliphatic heterocycles. The third-order valence-corrected chi connectivity index (χ3v) is 4.91.